The van der Waals surface area contributed by atoms with Gasteiger partial charge in [0.05, 0.1) is 100 Å². The number of alkyl halides is 1. The van der Waals surface area contributed by atoms with Gasteiger partial charge in [0.15, 0.2) is 10.3 Å². The molecule has 1 unspecified atom stereocenters. The Kier molecular flexibility index (Phi) is 35.8. The molecule has 3 N–H and O–H groups in total. The monoisotopic (exact) mass is 1450 g/mol. The zero-order valence-electron chi connectivity index (χ0n) is 47.8. The van der Waals surface area contributed by atoms with Gasteiger partial charge in [-0.05, 0) is 76.2 Å². The number of nitrogens with zero attached hydrogens (tertiary/aromatic N) is 6. The zero-order chi connectivity index (χ0) is 59.3. The zero-order valence-corrected chi connectivity index (χ0v) is 55.9. The quantitative estimate of drug-likeness (QED) is 0.0180. The third-order valence-electron chi connectivity index (χ3n) is 11.9. The maximum atomic E-state index is 12.7. The minimum atomic E-state index is -1.30. The second kappa shape index (κ2) is 41.8. The summed E-state index contributed by atoms with van der Waals surface area (Å²) in [5.41, 5.74) is 11.0. The molecule has 24 heteroatoms. The fourth-order valence-corrected chi connectivity index (χ4v) is 9.63. The topological polar surface area (TPSA) is 220 Å². The molecule has 8 aromatic rings. The van der Waals surface area contributed by atoms with E-state index in [9.17, 15) is 4.21 Å². The molecule has 6 aromatic heterocycles. The van der Waals surface area contributed by atoms with Crippen LogP contribution < -0.4 is 18.9 Å². The number of aromatic nitrogens is 8. The summed E-state index contributed by atoms with van der Waals surface area (Å²) in [6.07, 6.45) is 10.3. The molecule has 0 aliphatic carbocycles. The molecule has 0 bridgehead atoms. The first-order valence-corrected chi connectivity index (χ1v) is 38.1. The molecule has 0 saturated carbocycles. The normalized spacial score (nSPS) is 11.0. The van der Waals surface area contributed by atoms with E-state index in [1.54, 1.807) is 71.1 Å². The van der Waals surface area contributed by atoms with E-state index in [0.29, 0.717) is 84.8 Å². The molecule has 0 aliphatic heterocycles. The summed E-state index contributed by atoms with van der Waals surface area (Å²) in [5, 5.41) is 10.4. The Morgan fingerprint density at radius 1 is 0.537 bits per heavy atom. The van der Waals surface area contributed by atoms with Crippen LogP contribution in [0.1, 0.15) is 70.7 Å². The number of nitrogens with one attached hydrogen (secondary N) is 2. The van der Waals surface area contributed by atoms with Crippen LogP contribution in [0.5, 0.6) is 23.0 Å². The molecule has 0 amide bonds. The average Bonchev–Trinajstić information content (AvgIpc) is 4.33. The van der Waals surface area contributed by atoms with Crippen molar-refractivity contribution in [2.45, 2.75) is 87.7 Å². The SMILES string of the molecule is COCCCOc1ccnc(CCl)c1C.COCCCOc1ccnc(CO)c1C.COCCCOc1ccnc(CS(=O)c2nc3ccccc3[nH]2)c1C.COCCCOc1ccnc(CSc2nc3ccccc3[nH]2)c1C.[I][V][I]. The Morgan fingerprint density at radius 3 is 1.34 bits per heavy atom. The summed E-state index contributed by atoms with van der Waals surface area (Å²) in [4.78, 5) is 32.5. The molecule has 0 aliphatic rings. The predicted molar refractivity (Wildman–Crippen MR) is 339 cm³/mol. The van der Waals surface area contributed by atoms with Crippen molar-refractivity contribution in [3.8, 4) is 23.0 Å². The van der Waals surface area contributed by atoms with E-state index in [1.807, 2.05) is 94.4 Å². The molecular formula is C58H75ClI2N8O10S2V. The van der Waals surface area contributed by atoms with Gasteiger partial charge in [-0.15, -0.1) is 11.6 Å². The van der Waals surface area contributed by atoms with Crippen molar-refractivity contribution in [2.75, 3.05) is 81.3 Å². The summed E-state index contributed by atoms with van der Waals surface area (Å²) in [7, 11) is 6.05. The molecule has 0 saturated heterocycles. The first-order chi connectivity index (χ1) is 40.0. The maximum absolute atomic E-state index is 12.7. The third-order valence-corrected chi connectivity index (χ3v) is 14.2. The number of pyridine rings is 4. The van der Waals surface area contributed by atoms with Crippen molar-refractivity contribution in [3.05, 3.63) is 143 Å². The van der Waals surface area contributed by atoms with Crippen LogP contribution in [0.2, 0.25) is 0 Å². The molecule has 0 fully saturated rings. The van der Waals surface area contributed by atoms with Crippen LogP contribution in [0.15, 0.2) is 108 Å². The number of aliphatic hydroxyl groups is 1. The van der Waals surface area contributed by atoms with Crippen molar-refractivity contribution in [2.24, 2.45) is 0 Å². The van der Waals surface area contributed by atoms with Gasteiger partial charge in [-0.2, -0.15) is 0 Å². The van der Waals surface area contributed by atoms with Gasteiger partial charge < -0.3 is 53.0 Å². The van der Waals surface area contributed by atoms with Crippen LogP contribution in [-0.2, 0) is 63.2 Å². The summed E-state index contributed by atoms with van der Waals surface area (Å²) in [6.45, 7) is 13.1. The third kappa shape index (κ3) is 24.8. The Morgan fingerprint density at radius 2 is 0.915 bits per heavy atom. The van der Waals surface area contributed by atoms with Gasteiger partial charge >= 0.3 is 49.4 Å². The van der Waals surface area contributed by atoms with Crippen LogP contribution in [0.25, 0.3) is 22.1 Å². The number of para-hydroxylation sites is 4. The van der Waals surface area contributed by atoms with E-state index in [1.165, 1.54) is 0 Å². The van der Waals surface area contributed by atoms with Crippen molar-refractivity contribution < 1.29 is 56.7 Å². The molecule has 2 aromatic carbocycles. The van der Waals surface area contributed by atoms with Gasteiger partial charge in [0, 0.05) is 133 Å². The van der Waals surface area contributed by atoms with E-state index in [0.717, 1.165) is 121 Å². The van der Waals surface area contributed by atoms with Gasteiger partial charge in [-0.3, -0.25) is 24.1 Å². The molecule has 6 heterocycles. The Labute approximate surface area is 522 Å². The van der Waals surface area contributed by atoms with Crippen LogP contribution in [0, 0.1) is 27.7 Å². The van der Waals surface area contributed by atoms with E-state index in [-0.39, 0.29) is 6.61 Å². The average molecular weight is 1450 g/mol. The van der Waals surface area contributed by atoms with Crippen molar-refractivity contribution in [1.82, 2.24) is 39.9 Å². The number of benzene rings is 2. The molecule has 82 heavy (non-hydrogen) atoms. The summed E-state index contributed by atoms with van der Waals surface area (Å²) < 4.78 is 55.3. The van der Waals surface area contributed by atoms with Crippen molar-refractivity contribution in [1.29, 1.82) is 0 Å². The summed E-state index contributed by atoms with van der Waals surface area (Å²) in [6, 6.07) is 23.1. The second-order valence-electron chi connectivity index (χ2n) is 17.6. The second-order valence-corrected chi connectivity index (χ2v) is 31.9. The van der Waals surface area contributed by atoms with Gasteiger partial charge in [0.1, 0.15) is 23.0 Å². The van der Waals surface area contributed by atoms with E-state index >= 15 is 0 Å². The summed E-state index contributed by atoms with van der Waals surface area (Å²) >= 11 is 12.1. The number of thioether (sulfide) groups is 1. The molecule has 0 radical (unpaired) electrons. The number of hydrogen-bond donors (Lipinski definition) is 3. The first kappa shape index (κ1) is 70.3. The number of ether oxygens (including phenoxy) is 8. The molecule has 0 spiro atoms. The van der Waals surface area contributed by atoms with Crippen molar-refractivity contribution >= 4 is 96.2 Å². The van der Waals surface area contributed by atoms with E-state index < -0.39 is 10.8 Å². The number of methoxy groups -OCH3 is 4. The van der Waals surface area contributed by atoms with Gasteiger partial charge in [0.25, 0.3) is 0 Å². The number of aromatic amines is 2. The summed E-state index contributed by atoms with van der Waals surface area (Å²) in [5.74, 6) is 4.76. The van der Waals surface area contributed by atoms with Crippen LogP contribution >= 0.6 is 63.3 Å². The van der Waals surface area contributed by atoms with Gasteiger partial charge in [-0.25, -0.2) is 9.97 Å². The number of imidazole rings is 2. The number of rotatable bonds is 28. The number of halogens is 3. The fraction of sp³-hybridized carbons (Fsp3) is 0.414. The molecule has 18 nitrogen and oxygen atoms in total. The Bertz CT molecular complexity index is 2970. The van der Waals surface area contributed by atoms with Crippen LogP contribution in [0.4, 0.5) is 0 Å². The Balaban J connectivity index is 0.000000237. The first-order valence-electron chi connectivity index (χ1n) is 26.2. The number of H-pyrrole nitrogens is 2. The molecular weight excluding hydrogens is 1370 g/mol. The van der Waals surface area contributed by atoms with E-state index in [4.69, 9.17) is 54.6 Å². The van der Waals surface area contributed by atoms with Gasteiger partial charge in [-0.1, -0.05) is 36.0 Å². The predicted octanol–water partition coefficient (Wildman–Crippen LogP) is 12.6. The van der Waals surface area contributed by atoms with Gasteiger partial charge in [0.2, 0.25) is 0 Å². The number of fused-ring (bicyclic) bond motifs is 2. The van der Waals surface area contributed by atoms with Crippen molar-refractivity contribution in [3.63, 3.8) is 0 Å². The Hall–Kier alpha value is -4.19. The minimum absolute atomic E-state index is 0.0545. The number of aliphatic hydroxyl groups excluding tert-OH is 1. The van der Waals surface area contributed by atoms with Crippen LogP contribution in [-0.4, -0.2) is 130 Å². The molecule has 8 rings (SSSR count). The fourth-order valence-electron chi connectivity index (χ4n) is 7.35. The molecule has 1 atom stereocenters. The number of hydrogen-bond acceptors (Lipinski definition) is 17. The van der Waals surface area contributed by atoms with E-state index in [2.05, 4.69) is 79.8 Å². The molecule has 445 valence electrons. The van der Waals surface area contributed by atoms with Crippen LogP contribution in [0.3, 0.4) is 0 Å². The standard InChI is InChI=1S/C18H21N3O3S.C18H21N3O2S.C11H16ClNO2.C11H17NO3.2HI.V/c1-13-16(19-9-8-17(13)24-11-5-10-23-2)12-25(22)18-20-14-6-3-4-7-15(14)21-18;1-13-16(19-9-8-17(13)23-11-5-10-22-2)12-24-18-20-14-6-3-4-7-15(14)21-18;1-9-10(8-12)13-5-4-11(9)15-7-3-6-14-2;1-9-10(8-13)12-5-4-11(9)15-7-3-6-14-2;;;/h3-4,6-9H,5,10-12H2,1-2H3,(H,20,21);3-4,6-9H,5,10-12H2,1-2H3,(H,20,21);4-5H,3,6-8H2,1-2H3;4-5,13H,3,6-8H2,1-2H3;2*1H;/q;;;;;;+2/p-2.